The molecule has 0 nitrogen and oxygen atoms in total. The lowest BCUT2D eigenvalue weighted by Gasteiger charge is -2.51. The molecule has 6 unspecified atom stereocenters. The number of hydrogen-bond donors (Lipinski definition) is 0. The molecule has 6 atom stereocenters. The van der Waals surface area contributed by atoms with Gasteiger partial charge in [-0.15, -0.1) is 0 Å². The second kappa shape index (κ2) is 6.44. The van der Waals surface area contributed by atoms with Crippen molar-refractivity contribution in [3.05, 3.63) is 0 Å². The van der Waals surface area contributed by atoms with Gasteiger partial charge in [0.1, 0.15) is 0 Å². The summed E-state index contributed by atoms with van der Waals surface area (Å²) in [6.45, 7) is 9.79. The van der Waals surface area contributed by atoms with Crippen molar-refractivity contribution in [1.82, 2.24) is 0 Å². The van der Waals surface area contributed by atoms with E-state index in [2.05, 4.69) is 27.7 Å². The number of fused-ring (bicyclic) bond motifs is 1. The largest absolute Gasteiger partial charge is 0.0654 e. The third kappa shape index (κ3) is 2.63. The van der Waals surface area contributed by atoms with Crippen molar-refractivity contribution >= 4 is 0 Å². The molecule has 0 aromatic heterocycles. The van der Waals surface area contributed by atoms with E-state index >= 15 is 0 Å². The van der Waals surface area contributed by atoms with E-state index in [4.69, 9.17) is 0 Å². The van der Waals surface area contributed by atoms with Crippen molar-refractivity contribution in [3.63, 3.8) is 0 Å². The number of rotatable bonds is 4. The van der Waals surface area contributed by atoms with Gasteiger partial charge in [-0.1, -0.05) is 53.4 Å². The predicted molar refractivity (Wildman–Crippen MR) is 80.6 cm³/mol. The molecular weight excluding hydrogens is 216 g/mol. The van der Waals surface area contributed by atoms with Gasteiger partial charge in [0, 0.05) is 0 Å². The van der Waals surface area contributed by atoms with Gasteiger partial charge in [0.15, 0.2) is 0 Å². The van der Waals surface area contributed by atoms with E-state index in [-0.39, 0.29) is 0 Å². The molecule has 0 spiro atoms. The third-order valence-corrected chi connectivity index (χ3v) is 6.52. The van der Waals surface area contributed by atoms with Crippen molar-refractivity contribution in [2.75, 3.05) is 0 Å². The summed E-state index contributed by atoms with van der Waals surface area (Å²) >= 11 is 0. The highest BCUT2D eigenvalue weighted by Gasteiger charge is 2.43. The highest BCUT2D eigenvalue weighted by Crippen LogP contribution is 2.52. The lowest BCUT2D eigenvalue weighted by Crippen LogP contribution is -2.42. The number of hydrogen-bond acceptors (Lipinski definition) is 0. The van der Waals surface area contributed by atoms with E-state index < -0.39 is 0 Å². The second-order valence-electron chi connectivity index (χ2n) is 7.13. The Kier molecular flexibility index (Phi) is 5.15. The molecule has 0 aromatic rings. The quantitative estimate of drug-likeness (QED) is 0.581. The molecule has 0 aliphatic heterocycles. The lowest BCUT2D eigenvalue weighted by molar-refractivity contribution is -0.00997. The minimum Gasteiger partial charge on any atom is -0.0654 e. The minimum atomic E-state index is 1.00. The van der Waals surface area contributed by atoms with E-state index in [1.165, 1.54) is 38.5 Å². The molecular formula is C18H34. The van der Waals surface area contributed by atoms with E-state index in [1.54, 1.807) is 12.8 Å². The van der Waals surface area contributed by atoms with Gasteiger partial charge in [0.2, 0.25) is 0 Å². The molecule has 0 heteroatoms. The standard InChI is InChI=1S/C18H34/c1-5-8-15-10-11-17-13(4)14(6-2)9-12-18(17)16(15)7-3/h13-18H,5-12H2,1-4H3. The second-order valence-corrected chi connectivity index (χ2v) is 7.13. The summed E-state index contributed by atoms with van der Waals surface area (Å²) in [6.07, 6.45) is 11.9. The van der Waals surface area contributed by atoms with Gasteiger partial charge in [-0.05, 0) is 61.2 Å². The van der Waals surface area contributed by atoms with Crippen LogP contribution in [0.4, 0.5) is 0 Å². The van der Waals surface area contributed by atoms with Gasteiger partial charge >= 0.3 is 0 Å². The summed E-state index contributed by atoms with van der Waals surface area (Å²) in [5, 5.41) is 0. The maximum atomic E-state index is 2.57. The monoisotopic (exact) mass is 250 g/mol. The first kappa shape index (κ1) is 14.4. The fourth-order valence-corrected chi connectivity index (χ4v) is 5.54. The Morgan fingerprint density at radius 2 is 1.44 bits per heavy atom. The van der Waals surface area contributed by atoms with Crippen LogP contribution in [0.2, 0.25) is 0 Å². The molecule has 2 saturated carbocycles. The predicted octanol–water partition coefficient (Wildman–Crippen LogP) is 5.91. The SMILES string of the molecule is CCCC1CCC2C(C)C(CC)CCC2C1CC. The first-order valence-corrected chi connectivity index (χ1v) is 8.72. The lowest BCUT2D eigenvalue weighted by atomic mass is 9.55. The molecule has 2 aliphatic rings. The van der Waals surface area contributed by atoms with Crippen molar-refractivity contribution in [2.45, 2.75) is 79.1 Å². The van der Waals surface area contributed by atoms with Crippen LogP contribution in [0.5, 0.6) is 0 Å². The van der Waals surface area contributed by atoms with Gasteiger partial charge < -0.3 is 0 Å². The molecule has 2 fully saturated rings. The summed E-state index contributed by atoms with van der Waals surface area (Å²) < 4.78 is 0. The van der Waals surface area contributed by atoms with Crippen LogP contribution in [0.25, 0.3) is 0 Å². The first-order valence-electron chi connectivity index (χ1n) is 8.72. The zero-order chi connectivity index (χ0) is 13.1. The normalized spacial score (nSPS) is 44.7. The Balaban J connectivity index is 2.07. The summed E-state index contributed by atoms with van der Waals surface area (Å²) in [5.41, 5.74) is 0. The van der Waals surface area contributed by atoms with Crippen molar-refractivity contribution in [2.24, 2.45) is 35.5 Å². The van der Waals surface area contributed by atoms with Gasteiger partial charge in [0.05, 0.1) is 0 Å². The topological polar surface area (TPSA) is 0 Å². The van der Waals surface area contributed by atoms with Crippen LogP contribution in [-0.2, 0) is 0 Å². The van der Waals surface area contributed by atoms with Gasteiger partial charge in [0.25, 0.3) is 0 Å². The highest BCUT2D eigenvalue weighted by atomic mass is 14.5. The molecule has 0 aromatic carbocycles. The maximum Gasteiger partial charge on any atom is -0.0352 e. The Morgan fingerprint density at radius 1 is 0.778 bits per heavy atom. The van der Waals surface area contributed by atoms with E-state index in [0.717, 1.165) is 35.5 Å². The average molecular weight is 250 g/mol. The van der Waals surface area contributed by atoms with Crippen LogP contribution in [0.1, 0.15) is 79.1 Å². The van der Waals surface area contributed by atoms with E-state index in [1.807, 2.05) is 0 Å². The van der Waals surface area contributed by atoms with Crippen LogP contribution < -0.4 is 0 Å². The van der Waals surface area contributed by atoms with E-state index in [9.17, 15) is 0 Å². The van der Waals surface area contributed by atoms with Crippen LogP contribution >= 0.6 is 0 Å². The fourth-order valence-electron chi connectivity index (χ4n) is 5.54. The van der Waals surface area contributed by atoms with Crippen molar-refractivity contribution in [1.29, 1.82) is 0 Å². The van der Waals surface area contributed by atoms with Crippen molar-refractivity contribution < 1.29 is 0 Å². The van der Waals surface area contributed by atoms with Crippen LogP contribution in [0.15, 0.2) is 0 Å². The molecule has 106 valence electrons. The molecule has 0 radical (unpaired) electrons. The molecule has 0 amide bonds. The molecule has 0 bridgehead atoms. The minimum absolute atomic E-state index is 1.00. The Hall–Kier alpha value is 0. The van der Waals surface area contributed by atoms with Gasteiger partial charge in [-0.3, -0.25) is 0 Å². The first-order chi connectivity index (χ1) is 8.72. The average Bonchev–Trinajstić information content (AvgIpc) is 2.39. The summed E-state index contributed by atoms with van der Waals surface area (Å²) in [7, 11) is 0. The summed E-state index contributed by atoms with van der Waals surface area (Å²) in [5.74, 6) is 6.31. The zero-order valence-electron chi connectivity index (χ0n) is 13.1. The fraction of sp³-hybridized carbons (Fsp3) is 1.00. The third-order valence-electron chi connectivity index (χ3n) is 6.52. The van der Waals surface area contributed by atoms with Gasteiger partial charge in [-0.2, -0.15) is 0 Å². The summed E-state index contributed by atoms with van der Waals surface area (Å²) in [4.78, 5) is 0. The molecule has 2 rings (SSSR count). The van der Waals surface area contributed by atoms with E-state index in [0.29, 0.717) is 0 Å². The molecule has 0 N–H and O–H groups in total. The Morgan fingerprint density at radius 3 is 2.06 bits per heavy atom. The highest BCUT2D eigenvalue weighted by molar-refractivity contribution is 4.93. The smallest absolute Gasteiger partial charge is 0.0352 e. The van der Waals surface area contributed by atoms with Crippen LogP contribution in [0.3, 0.4) is 0 Å². The maximum absolute atomic E-state index is 2.57. The van der Waals surface area contributed by atoms with Crippen LogP contribution in [0, 0.1) is 35.5 Å². The van der Waals surface area contributed by atoms with Crippen LogP contribution in [-0.4, -0.2) is 0 Å². The van der Waals surface area contributed by atoms with Gasteiger partial charge in [-0.25, -0.2) is 0 Å². The zero-order valence-corrected chi connectivity index (χ0v) is 13.1. The molecule has 0 saturated heterocycles. The molecule has 0 heterocycles. The molecule has 18 heavy (non-hydrogen) atoms. The van der Waals surface area contributed by atoms with Crippen molar-refractivity contribution in [3.8, 4) is 0 Å². The summed E-state index contributed by atoms with van der Waals surface area (Å²) in [6, 6.07) is 0. The Bertz CT molecular complexity index is 240. The molecule has 2 aliphatic carbocycles. The Labute approximate surface area is 115 Å².